The molecular weight excluding hydrogens is 412 g/mol. The van der Waals surface area contributed by atoms with Gasteiger partial charge in [0, 0.05) is 25.8 Å². The van der Waals surface area contributed by atoms with E-state index >= 15 is 0 Å². The zero-order valence-electron chi connectivity index (χ0n) is 16.6. The highest BCUT2D eigenvalue weighted by Gasteiger charge is 2.27. The van der Waals surface area contributed by atoms with Crippen molar-refractivity contribution < 1.29 is 13.2 Å². The number of nitrogens with one attached hydrogen (secondary N) is 1. The molecule has 0 unspecified atom stereocenters. The lowest BCUT2D eigenvalue weighted by Gasteiger charge is -2.21. The summed E-state index contributed by atoms with van der Waals surface area (Å²) in [6, 6.07) is 4.97. The van der Waals surface area contributed by atoms with Crippen molar-refractivity contribution in [2.45, 2.75) is 42.7 Å². The average molecular weight is 439 g/mol. The fourth-order valence-corrected chi connectivity index (χ4v) is 5.64. The molecule has 3 rings (SSSR count). The zero-order chi connectivity index (χ0) is 21.0. The number of benzene rings is 1. The van der Waals surface area contributed by atoms with Gasteiger partial charge in [-0.25, -0.2) is 8.42 Å². The smallest absolute Gasteiger partial charge is 0.243 e. The first kappa shape index (κ1) is 21.6. The molecule has 11 heteroatoms. The number of rotatable bonds is 6. The minimum atomic E-state index is -3.59. The molecule has 1 amide bonds. The summed E-state index contributed by atoms with van der Waals surface area (Å²) in [7, 11) is -1.87. The Labute approximate surface area is 175 Å². The van der Waals surface area contributed by atoms with Crippen LogP contribution in [-0.2, 0) is 21.9 Å². The summed E-state index contributed by atoms with van der Waals surface area (Å²) in [5, 5.41) is 10.9. The number of carbonyl (C=O) groups excluding carboxylic acids is 1. The van der Waals surface area contributed by atoms with Gasteiger partial charge in [-0.2, -0.15) is 4.31 Å². The molecule has 1 saturated heterocycles. The molecular formula is C18H26N6O3S2. The summed E-state index contributed by atoms with van der Waals surface area (Å²) >= 11 is 1.20. The van der Waals surface area contributed by atoms with Gasteiger partial charge in [-0.1, -0.05) is 30.7 Å². The van der Waals surface area contributed by atoms with Crippen LogP contribution < -0.4 is 11.1 Å². The number of aromatic nitrogens is 3. The predicted octanol–water partition coefficient (Wildman–Crippen LogP) is 2.00. The van der Waals surface area contributed by atoms with E-state index in [0.29, 0.717) is 29.5 Å². The van der Waals surface area contributed by atoms with E-state index in [2.05, 4.69) is 15.5 Å². The Kier molecular flexibility index (Phi) is 6.81. The Bertz CT molecular complexity index is 981. The number of sulfonamides is 1. The molecule has 0 radical (unpaired) electrons. The number of hydrogen-bond donors (Lipinski definition) is 2. The third kappa shape index (κ3) is 5.09. The Morgan fingerprint density at radius 3 is 2.52 bits per heavy atom. The molecule has 0 spiro atoms. The largest absolute Gasteiger partial charge is 0.368 e. The van der Waals surface area contributed by atoms with E-state index < -0.39 is 10.0 Å². The van der Waals surface area contributed by atoms with Crippen molar-refractivity contribution in [1.82, 2.24) is 19.1 Å². The lowest BCUT2D eigenvalue weighted by atomic mass is 10.2. The molecule has 1 aromatic heterocycles. The normalized spacial score (nSPS) is 15.8. The molecule has 0 aliphatic carbocycles. The van der Waals surface area contributed by atoms with E-state index in [9.17, 15) is 13.2 Å². The summed E-state index contributed by atoms with van der Waals surface area (Å²) < 4.78 is 29.4. The van der Waals surface area contributed by atoms with Crippen LogP contribution in [0.1, 0.15) is 31.2 Å². The van der Waals surface area contributed by atoms with Gasteiger partial charge in [-0.05, 0) is 37.5 Å². The van der Waals surface area contributed by atoms with Crippen LogP contribution >= 0.6 is 11.8 Å². The van der Waals surface area contributed by atoms with Gasteiger partial charge in [0.1, 0.15) is 0 Å². The number of nitrogen functional groups attached to an aromatic ring is 1. The van der Waals surface area contributed by atoms with E-state index in [1.165, 1.54) is 11.8 Å². The minimum Gasteiger partial charge on any atom is -0.368 e. The molecule has 1 fully saturated rings. The monoisotopic (exact) mass is 438 g/mol. The molecule has 158 valence electrons. The van der Waals surface area contributed by atoms with Gasteiger partial charge in [0.05, 0.1) is 10.6 Å². The van der Waals surface area contributed by atoms with Crippen molar-refractivity contribution in [3.63, 3.8) is 0 Å². The zero-order valence-corrected chi connectivity index (χ0v) is 18.2. The molecule has 29 heavy (non-hydrogen) atoms. The van der Waals surface area contributed by atoms with Gasteiger partial charge in [0.25, 0.3) is 0 Å². The highest BCUT2D eigenvalue weighted by molar-refractivity contribution is 7.99. The molecule has 9 nitrogen and oxygen atoms in total. The Balaban J connectivity index is 1.71. The van der Waals surface area contributed by atoms with Gasteiger partial charge < -0.3 is 11.1 Å². The number of hydrogen-bond acceptors (Lipinski definition) is 7. The summed E-state index contributed by atoms with van der Waals surface area (Å²) in [6.45, 7) is 2.84. The number of carbonyl (C=O) groups is 1. The second-order valence-electron chi connectivity index (χ2n) is 7.04. The van der Waals surface area contributed by atoms with Crippen molar-refractivity contribution in [1.29, 1.82) is 0 Å². The predicted molar refractivity (Wildman–Crippen MR) is 113 cm³/mol. The lowest BCUT2D eigenvalue weighted by molar-refractivity contribution is -0.113. The van der Waals surface area contributed by atoms with E-state index in [1.807, 2.05) is 0 Å². The average Bonchev–Trinajstić information content (AvgIpc) is 2.89. The van der Waals surface area contributed by atoms with Gasteiger partial charge in [0.2, 0.25) is 21.9 Å². The van der Waals surface area contributed by atoms with Crippen LogP contribution in [-0.4, -0.2) is 52.2 Å². The topological polar surface area (TPSA) is 123 Å². The van der Waals surface area contributed by atoms with Gasteiger partial charge in [0.15, 0.2) is 5.16 Å². The third-order valence-electron chi connectivity index (χ3n) is 4.86. The Morgan fingerprint density at radius 2 is 1.90 bits per heavy atom. The number of aryl methyl sites for hydroxylation is 1. The van der Waals surface area contributed by atoms with Gasteiger partial charge >= 0.3 is 0 Å². The summed E-state index contributed by atoms with van der Waals surface area (Å²) in [4.78, 5) is 12.6. The molecule has 0 atom stereocenters. The molecule has 1 aromatic carbocycles. The van der Waals surface area contributed by atoms with E-state index in [4.69, 9.17) is 5.73 Å². The van der Waals surface area contributed by atoms with Crippen molar-refractivity contribution in [2.75, 3.05) is 29.9 Å². The van der Waals surface area contributed by atoms with Gasteiger partial charge in [-0.3, -0.25) is 9.36 Å². The van der Waals surface area contributed by atoms with Crippen LogP contribution in [0.2, 0.25) is 0 Å². The van der Waals surface area contributed by atoms with Crippen molar-refractivity contribution in [3.8, 4) is 0 Å². The van der Waals surface area contributed by atoms with Crippen molar-refractivity contribution in [2.24, 2.45) is 7.05 Å². The fraction of sp³-hybridized carbons (Fsp3) is 0.500. The molecule has 3 N–H and O–H groups in total. The third-order valence-corrected chi connectivity index (χ3v) is 7.92. The maximum absolute atomic E-state index is 13.1. The fourth-order valence-electron chi connectivity index (χ4n) is 3.16. The minimum absolute atomic E-state index is 0.105. The maximum Gasteiger partial charge on any atom is 0.243 e. The molecule has 1 aliphatic rings. The van der Waals surface area contributed by atoms with Crippen LogP contribution in [0.15, 0.2) is 28.3 Å². The SMILES string of the molecule is Cc1ccc(NC(=O)CSc2nnc(N)n2C)cc1S(=O)(=O)N1CCCCCC1. The number of anilines is 2. The van der Waals surface area contributed by atoms with Crippen LogP contribution in [0.3, 0.4) is 0 Å². The first-order valence-corrected chi connectivity index (χ1v) is 11.9. The number of nitrogens with two attached hydrogens (primary N) is 1. The van der Waals surface area contributed by atoms with Crippen LogP contribution in [0.5, 0.6) is 0 Å². The van der Waals surface area contributed by atoms with E-state index in [-0.39, 0.29) is 22.5 Å². The number of nitrogens with zero attached hydrogens (tertiary/aromatic N) is 4. The van der Waals surface area contributed by atoms with Gasteiger partial charge in [-0.15, -0.1) is 10.2 Å². The Morgan fingerprint density at radius 1 is 1.21 bits per heavy atom. The second-order valence-corrected chi connectivity index (χ2v) is 9.88. The standard InChI is InChI=1S/C18H26N6O3S2/c1-13-7-8-14(20-16(25)12-28-18-22-21-17(19)23(18)2)11-15(13)29(26,27)24-9-5-3-4-6-10-24/h7-8,11H,3-6,9-10,12H2,1-2H3,(H2,19,21)(H,20,25). The van der Waals surface area contributed by atoms with Crippen molar-refractivity contribution >= 4 is 39.3 Å². The van der Waals surface area contributed by atoms with Crippen LogP contribution in [0.4, 0.5) is 11.6 Å². The summed E-state index contributed by atoms with van der Waals surface area (Å²) in [6.07, 6.45) is 3.85. The Hall–Kier alpha value is -2.11. The first-order chi connectivity index (χ1) is 13.8. The molecule has 1 aliphatic heterocycles. The summed E-state index contributed by atoms with van der Waals surface area (Å²) in [5.41, 5.74) is 6.74. The van der Waals surface area contributed by atoms with Crippen LogP contribution in [0, 0.1) is 6.92 Å². The molecule has 0 saturated carbocycles. The quantitative estimate of drug-likeness (QED) is 0.661. The molecule has 0 bridgehead atoms. The lowest BCUT2D eigenvalue weighted by Crippen LogP contribution is -2.32. The highest BCUT2D eigenvalue weighted by atomic mass is 32.2. The number of thioether (sulfide) groups is 1. The van der Waals surface area contributed by atoms with Crippen molar-refractivity contribution in [3.05, 3.63) is 23.8 Å². The number of amides is 1. The first-order valence-electron chi connectivity index (χ1n) is 9.47. The molecule has 2 heterocycles. The highest BCUT2D eigenvalue weighted by Crippen LogP contribution is 2.26. The maximum atomic E-state index is 13.1. The second kappa shape index (κ2) is 9.14. The van der Waals surface area contributed by atoms with E-state index in [1.54, 1.807) is 41.0 Å². The summed E-state index contributed by atoms with van der Waals surface area (Å²) in [5.74, 6) is 0.113. The van der Waals surface area contributed by atoms with E-state index in [0.717, 1.165) is 25.7 Å². The van der Waals surface area contributed by atoms with Crippen LogP contribution in [0.25, 0.3) is 0 Å². The molecule has 2 aromatic rings.